The summed E-state index contributed by atoms with van der Waals surface area (Å²) in [7, 11) is 0. The van der Waals surface area contributed by atoms with Crippen LogP contribution in [0.15, 0.2) is 23.0 Å². The molecular weight excluding hydrogens is 172 g/mol. The molecule has 0 radical (unpaired) electrons. The molecule has 1 heterocycles. The SMILES string of the molecule is CC1CC1(CCl)Cc1ccoc1. The van der Waals surface area contributed by atoms with E-state index in [4.69, 9.17) is 16.0 Å². The molecule has 0 N–H and O–H groups in total. The molecule has 2 heteroatoms. The fraction of sp³-hybridized carbons (Fsp3) is 0.600. The number of halogens is 1. The van der Waals surface area contributed by atoms with Gasteiger partial charge in [-0.05, 0) is 35.8 Å². The van der Waals surface area contributed by atoms with Crippen molar-refractivity contribution in [2.75, 3.05) is 5.88 Å². The second-order valence-electron chi connectivity index (χ2n) is 3.91. The Kier molecular flexibility index (Phi) is 1.91. The molecule has 1 aliphatic rings. The molecule has 66 valence electrons. The minimum atomic E-state index is 0.380. The van der Waals surface area contributed by atoms with E-state index < -0.39 is 0 Å². The predicted octanol–water partition coefficient (Wildman–Crippen LogP) is 3.09. The Morgan fingerprint density at radius 3 is 2.92 bits per heavy atom. The van der Waals surface area contributed by atoms with Crippen LogP contribution in [0.2, 0.25) is 0 Å². The van der Waals surface area contributed by atoms with E-state index in [-0.39, 0.29) is 0 Å². The van der Waals surface area contributed by atoms with Crippen LogP contribution in [0.3, 0.4) is 0 Å². The highest BCUT2D eigenvalue weighted by molar-refractivity contribution is 6.18. The van der Waals surface area contributed by atoms with Crippen LogP contribution >= 0.6 is 11.6 Å². The average Bonchev–Trinajstić information content (AvgIpc) is 2.51. The third kappa shape index (κ3) is 1.27. The van der Waals surface area contributed by atoms with E-state index in [1.54, 1.807) is 6.26 Å². The lowest BCUT2D eigenvalue weighted by Crippen LogP contribution is -2.08. The van der Waals surface area contributed by atoms with Crippen molar-refractivity contribution in [2.45, 2.75) is 19.8 Å². The van der Waals surface area contributed by atoms with Gasteiger partial charge in [-0.1, -0.05) is 6.92 Å². The Labute approximate surface area is 77.7 Å². The van der Waals surface area contributed by atoms with Crippen LogP contribution in [0.1, 0.15) is 18.9 Å². The quantitative estimate of drug-likeness (QED) is 0.658. The van der Waals surface area contributed by atoms with Gasteiger partial charge in [-0.2, -0.15) is 0 Å². The molecule has 1 saturated carbocycles. The first kappa shape index (κ1) is 8.18. The maximum atomic E-state index is 5.94. The van der Waals surface area contributed by atoms with Crippen molar-refractivity contribution in [3.8, 4) is 0 Å². The van der Waals surface area contributed by atoms with Gasteiger partial charge in [0.05, 0.1) is 12.5 Å². The minimum Gasteiger partial charge on any atom is -0.472 e. The molecule has 0 aliphatic heterocycles. The highest BCUT2D eigenvalue weighted by Gasteiger charge is 2.49. The van der Waals surface area contributed by atoms with Gasteiger partial charge in [0.2, 0.25) is 0 Å². The van der Waals surface area contributed by atoms with Gasteiger partial charge in [-0.3, -0.25) is 0 Å². The molecule has 12 heavy (non-hydrogen) atoms. The van der Waals surface area contributed by atoms with E-state index in [1.807, 2.05) is 12.3 Å². The van der Waals surface area contributed by atoms with E-state index >= 15 is 0 Å². The normalized spacial score (nSPS) is 33.7. The second kappa shape index (κ2) is 2.81. The van der Waals surface area contributed by atoms with Crippen molar-refractivity contribution in [1.29, 1.82) is 0 Å². The van der Waals surface area contributed by atoms with Gasteiger partial charge < -0.3 is 4.42 Å². The summed E-state index contributed by atoms with van der Waals surface area (Å²) in [6, 6.07) is 2.03. The van der Waals surface area contributed by atoms with Crippen LogP contribution in [0.5, 0.6) is 0 Å². The molecule has 0 bridgehead atoms. The maximum absolute atomic E-state index is 5.94. The molecule has 2 unspecified atom stereocenters. The molecule has 2 atom stereocenters. The first-order chi connectivity index (χ1) is 5.77. The fourth-order valence-electron chi connectivity index (χ4n) is 1.83. The van der Waals surface area contributed by atoms with Gasteiger partial charge in [-0.25, -0.2) is 0 Å². The summed E-state index contributed by atoms with van der Waals surface area (Å²) in [6.45, 7) is 2.27. The lowest BCUT2D eigenvalue weighted by Gasteiger charge is -2.10. The van der Waals surface area contributed by atoms with Crippen LogP contribution in [-0.2, 0) is 6.42 Å². The van der Waals surface area contributed by atoms with Crippen LogP contribution in [0.4, 0.5) is 0 Å². The molecule has 1 aliphatic carbocycles. The molecule has 1 fully saturated rings. The average molecular weight is 185 g/mol. The highest BCUT2D eigenvalue weighted by Crippen LogP contribution is 2.55. The van der Waals surface area contributed by atoms with Crippen LogP contribution in [0.25, 0.3) is 0 Å². The Morgan fingerprint density at radius 2 is 2.50 bits per heavy atom. The zero-order valence-electron chi connectivity index (χ0n) is 7.22. The largest absolute Gasteiger partial charge is 0.472 e. The molecule has 2 rings (SSSR count). The van der Waals surface area contributed by atoms with Crippen molar-refractivity contribution in [2.24, 2.45) is 11.3 Å². The summed E-state index contributed by atoms with van der Waals surface area (Å²) >= 11 is 5.94. The van der Waals surface area contributed by atoms with E-state index in [2.05, 4.69) is 6.92 Å². The number of rotatable bonds is 3. The van der Waals surface area contributed by atoms with Crippen LogP contribution in [0, 0.1) is 11.3 Å². The summed E-state index contributed by atoms with van der Waals surface area (Å²) in [5.41, 5.74) is 1.66. The van der Waals surface area contributed by atoms with Gasteiger partial charge in [0.15, 0.2) is 0 Å². The number of hydrogen-bond acceptors (Lipinski definition) is 1. The van der Waals surface area contributed by atoms with E-state index in [1.165, 1.54) is 12.0 Å². The Morgan fingerprint density at radius 1 is 1.75 bits per heavy atom. The van der Waals surface area contributed by atoms with Crippen molar-refractivity contribution in [3.05, 3.63) is 24.2 Å². The van der Waals surface area contributed by atoms with Crippen molar-refractivity contribution in [1.82, 2.24) is 0 Å². The molecular formula is C10H13ClO. The summed E-state index contributed by atoms with van der Waals surface area (Å²) < 4.78 is 5.02. The lowest BCUT2D eigenvalue weighted by atomic mass is 9.98. The molecule has 0 aromatic carbocycles. The molecule has 0 saturated heterocycles. The molecule has 1 aromatic rings. The maximum Gasteiger partial charge on any atom is 0.0934 e. The summed E-state index contributed by atoms with van der Waals surface area (Å²) in [6.07, 6.45) is 5.89. The van der Waals surface area contributed by atoms with Gasteiger partial charge in [0.1, 0.15) is 0 Å². The smallest absolute Gasteiger partial charge is 0.0934 e. The van der Waals surface area contributed by atoms with Gasteiger partial charge >= 0.3 is 0 Å². The van der Waals surface area contributed by atoms with Crippen molar-refractivity contribution >= 4 is 11.6 Å². The van der Waals surface area contributed by atoms with Crippen LogP contribution in [-0.4, -0.2) is 5.88 Å². The number of furan rings is 1. The zero-order chi connectivity index (χ0) is 8.60. The fourth-order valence-corrected chi connectivity index (χ4v) is 2.30. The third-order valence-corrected chi connectivity index (χ3v) is 3.53. The van der Waals surface area contributed by atoms with Gasteiger partial charge in [-0.15, -0.1) is 11.6 Å². The number of alkyl halides is 1. The monoisotopic (exact) mass is 184 g/mol. The topological polar surface area (TPSA) is 13.1 Å². The van der Waals surface area contributed by atoms with Gasteiger partial charge in [0, 0.05) is 5.88 Å². The molecule has 1 nitrogen and oxygen atoms in total. The molecule has 0 amide bonds. The lowest BCUT2D eigenvalue weighted by molar-refractivity contribution is 0.513. The van der Waals surface area contributed by atoms with E-state index in [0.29, 0.717) is 5.41 Å². The van der Waals surface area contributed by atoms with Crippen LogP contribution < -0.4 is 0 Å². The van der Waals surface area contributed by atoms with Crippen molar-refractivity contribution in [3.63, 3.8) is 0 Å². The summed E-state index contributed by atoms with van der Waals surface area (Å²) in [4.78, 5) is 0. The standard InChI is InChI=1S/C10H13ClO/c1-8-4-10(8,7-11)5-9-2-3-12-6-9/h2-3,6,8H,4-5,7H2,1H3. The predicted molar refractivity (Wildman–Crippen MR) is 49.3 cm³/mol. The van der Waals surface area contributed by atoms with E-state index in [9.17, 15) is 0 Å². The number of hydrogen-bond donors (Lipinski definition) is 0. The Hall–Kier alpha value is -0.430. The summed E-state index contributed by atoms with van der Waals surface area (Å²) in [5.74, 6) is 1.56. The zero-order valence-corrected chi connectivity index (χ0v) is 7.97. The summed E-state index contributed by atoms with van der Waals surface area (Å²) in [5, 5.41) is 0. The molecule has 1 aromatic heterocycles. The van der Waals surface area contributed by atoms with Gasteiger partial charge in [0.25, 0.3) is 0 Å². The molecule has 0 spiro atoms. The Bertz CT molecular complexity index is 251. The Balaban J connectivity index is 2.04. The first-order valence-corrected chi connectivity index (χ1v) is 4.87. The second-order valence-corrected chi connectivity index (χ2v) is 4.18. The highest BCUT2D eigenvalue weighted by atomic mass is 35.5. The van der Waals surface area contributed by atoms with E-state index in [0.717, 1.165) is 18.2 Å². The third-order valence-electron chi connectivity index (χ3n) is 3.00. The minimum absolute atomic E-state index is 0.380. The first-order valence-electron chi connectivity index (χ1n) is 4.34. The van der Waals surface area contributed by atoms with Crippen molar-refractivity contribution < 1.29 is 4.42 Å².